The zero-order chi connectivity index (χ0) is 17.6. The molecule has 1 aliphatic rings. The number of thiophene rings is 1. The van der Waals surface area contributed by atoms with Gasteiger partial charge in [0.2, 0.25) is 0 Å². The number of benzene rings is 1. The second kappa shape index (κ2) is 8.45. The summed E-state index contributed by atoms with van der Waals surface area (Å²) in [5.41, 5.74) is 2.19. The predicted octanol–water partition coefficient (Wildman–Crippen LogP) is 3.00. The Labute approximate surface area is 152 Å². The molecule has 134 valence electrons. The van der Waals surface area contributed by atoms with Crippen LogP contribution in [0.3, 0.4) is 0 Å². The van der Waals surface area contributed by atoms with E-state index in [0.29, 0.717) is 6.54 Å². The van der Waals surface area contributed by atoms with Crippen molar-refractivity contribution in [3.8, 4) is 0 Å². The fourth-order valence-corrected chi connectivity index (χ4v) is 4.01. The molecule has 0 unspecified atom stereocenters. The maximum atomic E-state index is 13.0. The molecule has 2 aromatic rings. The van der Waals surface area contributed by atoms with Gasteiger partial charge in [0.15, 0.2) is 0 Å². The number of carbonyl (C=O) groups is 1. The maximum absolute atomic E-state index is 13.0. The molecule has 0 radical (unpaired) electrons. The summed E-state index contributed by atoms with van der Waals surface area (Å²) in [6.45, 7) is 7.33. The lowest BCUT2D eigenvalue weighted by Crippen LogP contribution is -2.48. The molecule has 1 aromatic heterocycles. The largest absolute Gasteiger partial charge is 0.369 e. The van der Waals surface area contributed by atoms with Crippen molar-refractivity contribution >= 4 is 22.9 Å². The lowest BCUT2D eigenvalue weighted by molar-refractivity contribution is 0.0951. The molecule has 0 saturated carbocycles. The standard InChI is InChI=1S/C19H24FN3OS/c1-2-15-7-14-25-18(15)19(24)21-8-9-22-10-12-23(13-11-22)17-5-3-16(20)4-6-17/h3-7,14H,2,8-13H2,1H3,(H,21,24). The van der Waals surface area contributed by atoms with Crippen molar-refractivity contribution in [3.05, 3.63) is 52.0 Å². The van der Waals surface area contributed by atoms with Crippen molar-refractivity contribution < 1.29 is 9.18 Å². The van der Waals surface area contributed by atoms with E-state index in [1.807, 2.05) is 23.6 Å². The van der Waals surface area contributed by atoms with E-state index in [2.05, 4.69) is 22.0 Å². The molecule has 1 aliphatic heterocycles. The molecule has 0 aliphatic carbocycles. The van der Waals surface area contributed by atoms with Crippen molar-refractivity contribution in [1.82, 2.24) is 10.2 Å². The van der Waals surface area contributed by atoms with Crippen LogP contribution in [0.4, 0.5) is 10.1 Å². The molecule has 1 saturated heterocycles. The van der Waals surface area contributed by atoms with Gasteiger partial charge in [-0.25, -0.2) is 4.39 Å². The number of hydrogen-bond acceptors (Lipinski definition) is 4. The van der Waals surface area contributed by atoms with Crippen LogP contribution in [0, 0.1) is 5.82 Å². The topological polar surface area (TPSA) is 35.6 Å². The average molecular weight is 361 g/mol. The van der Waals surface area contributed by atoms with E-state index in [-0.39, 0.29) is 11.7 Å². The number of rotatable bonds is 6. The fourth-order valence-electron chi connectivity index (χ4n) is 3.10. The number of amides is 1. The van der Waals surface area contributed by atoms with Gasteiger partial charge in [-0.2, -0.15) is 0 Å². The Morgan fingerprint density at radius 1 is 1.16 bits per heavy atom. The summed E-state index contributed by atoms with van der Waals surface area (Å²) in [5.74, 6) is -0.160. The van der Waals surface area contributed by atoms with Gasteiger partial charge in [-0.1, -0.05) is 6.92 Å². The zero-order valence-electron chi connectivity index (χ0n) is 14.5. The quantitative estimate of drug-likeness (QED) is 0.859. The molecule has 0 atom stereocenters. The van der Waals surface area contributed by atoms with Gasteiger partial charge < -0.3 is 10.2 Å². The van der Waals surface area contributed by atoms with E-state index in [0.717, 1.165) is 55.3 Å². The number of halogens is 1. The van der Waals surface area contributed by atoms with Gasteiger partial charge in [0.05, 0.1) is 4.88 Å². The van der Waals surface area contributed by atoms with Crippen LogP contribution >= 0.6 is 11.3 Å². The van der Waals surface area contributed by atoms with Gasteiger partial charge >= 0.3 is 0 Å². The molecule has 6 heteroatoms. The second-order valence-corrected chi connectivity index (χ2v) is 7.11. The van der Waals surface area contributed by atoms with Crippen molar-refractivity contribution in [2.45, 2.75) is 13.3 Å². The molecular formula is C19H24FN3OS. The third kappa shape index (κ3) is 4.58. The highest BCUT2D eigenvalue weighted by atomic mass is 32.1. The molecule has 25 heavy (non-hydrogen) atoms. The predicted molar refractivity (Wildman–Crippen MR) is 101 cm³/mol. The van der Waals surface area contributed by atoms with Crippen LogP contribution in [0.15, 0.2) is 35.7 Å². The van der Waals surface area contributed by atoms with E-state index in [9.17, 15) is 9.18 Å². The van der Waals surface area contributed by atoms with E-state index >= 15 is 0 Å². The van der Waals surface area contributed by atoms with Crippen LogP contribution < -0.4 is 10.2 Å². The first kappa shape index (κ1) is 17.9. The molecule has 4 nitrogen and oxygen atoms in total. The highest BCUT2D eigenvalue weighted by Gasteiger charge is 2.17. The van der Waals surface area contributed by atoms with E-state index in [1.165, 1.54) is 23.5 Å². The monoisotopic (exact) mass is 361 g/mol. The smallest absolute Gasteiger partial charge is 0.261 e. The molecule has 3 rings (SSSR count). The van der Waals surface area contributed by atoms with E-state index in [1.54, 1.807) is 0 Å². The fraction of sp³-hybridized carbons (Fsp3) is 0.421. The minimum absolute atomic E-state index is 0.0387. The third-order valence-electron chi connectivity index (χ3n) is 4.61. The number of anilines is 1. The molecular weight excluding hydrogens is 337 g/mol. The number of hydrogen-bond donors (Lipinski definition) is 1. The van der Waals surface area contributed by atoms with E-state index < -0.39 is 0 Å². The molecule has 1 amide bonds. The number of piperazine rings is 1. The number of aryl methyl sites for hydroxylation is 1. The summed E-state index contributed by atoms with van der Waals surface area (Å²) < 4.78 is 13.0. The summed E-state index contributed by atoms with van der Waals surface area (Å²) in [4.78, 5) is 17.7. The zero-order valence-corrected chi connectivity index (χ0v) is 15.3. The van der Waals surface area contributed by atoms with Gasteiger partial charge in [0, 0.05) is 45.0 Å². The Morgan fingerprint density at radius 2 is 1.88 bits per heavy atom. The molecule has 0 spiro atoms. The molecule has 1 N–H and O–H groups in total. The first-order valence-corrected chi connectivity index (χ1v) is 9.62. The Balaban J connectivity index is 1.41. The van der Waals surface area contributed by atoms with Crippen LogP contribution in [0.25, 0.3) is 0 Å². The minimum Gasteiger partial charge on any atom is -0.369 e. The van der Waals surface area contributed by atoms with Crippen LogP contribution in [-0.4, -0.2) is 50.1 Å². The number of nitrogens with zero attached hydrogens (tertiary/aromatic N) is 2. The highest BCUT2D eigenvalue weighted by Crippen LogP contribution is 2.18. The average Bonchev–Trinajstić information content (AvgIpc) is 3.12. The van der Waals surface area contributed by atoms with Crippen molar-refractivity contribution in [1.29, 1.82) is 0 Å². The van der Waals surface area contributed by atoms with Gasteiger partial charge in [-0.3, -0.25) is 9.69 Å². The van der Waals surface area contributed by atoms with Crippen molar-refractivity contribution in [3.63, 3.8) is 0 Å². The Morgan fingerprint density at radius 3 is 2.56 bits per heavy atom. The van der Waals surface area contributed by atoms with Crippen LogP contribution in [-0.2, 0) is 6.42 Å². The summed E-state index contributed by atoms with van der Waals surface area (Å²) in [7, 11) is 0. The Hall–Kier alpha value is -1.92. The third-order valence-corrected chi connectivity index (χ3v) is 5.57. The SMILES string of the molecule is CCc1ccsc1C(=O)NCCN1CCN(c2ccc(F)cc2)CC1. The van der Waals surface area contributed by atoms with Crippen molar-refractivity contribution in [2.75, 3.05) is 44.2 Å². The first-order chi connectivity index (χ1) is 12.2. The molecule has 1 fully saturated rings. The lowest BCUT2D eigenvalue weighted by atomic mass is 10.2. The summed E-state index contributed by atoms with van der Waals surface area (Å²) in [6.07, 6.45) is 0.887. The van der Waals surface area contributed by atoms with Gasteiger partial charge in [-0.05, 0) is 47.7 Å². The minimum atomic E-state index is -0.199. The summed E-state index contributed by atoms with van der Waals surface area (Å²) in [6, 6.07) is 8.70. The van der Waals surface area contributed by atoms with Crippen LogP contribution in [0.2, 0.25) is 0 Å². The number of nitrogens with one attached hydrogen (secondary N) is 1. The van der Waals surface area contributed by atoms with Crippen LogP contribution in [0.1, 0.15) is 22.2 Å². The van der Waals surface area contributed by atoms with Gasteiger partial charge in [0.25, 0.3) is 5.91 Å². The van der Waals surface area contributed by atoms with Gasteiger partial charge in [-0.15, -0.1) is 11.3 Å². The van der Waals surface area contributed by atoms with E-state index in [4.69, 9.17) is 0 Å². The summed E-state index contributed by atoms with van der Waals surface area (Å²) in [5, 5.41) is 5.01. The second-order valence-electron chi connectivity index (χ2n) is 6.19. The molecule has 1 aromatic carbocycles. The number of carbonyl (C=O) groups excluding carboxylic acids is 1. The Bertz CT molecular complexity index is 693. The Kier molecular flexibility index (Phi) is 6.04. The molecule has 0 bridgehead atoms. The summed E-state index contributed by atoms with van der Waals surface area (Å²) >= 11 is 1.51. The van der Waals surface area contributed by atoms with Gasteiger partial charge in [0.1, 0.15) is 5.82 Å². The highest BCUT2D eigenvalue weighted by molar-refractivity contribution is 7.12. The first-order valence-electron chi connectivity index (χ1n) is 8.75. The van der Waals surface area contributed by atoms with Crippen molar-refractivity contribution in [2.24, 2.45) is 0 Å². The normalized spacial score (nSPS) is 15.4. The molecule has 2 heterocycles. The lowest BCUT2D eigenvalue weighted by Gasteiger charge is -2.36. The maximum Gasteiger partial charge on any atom is 0.261 e. The van der Waals surface area contributed by atoms with Crippen LogP contribution in [0.5, 0.6) is 0 Å².